The third kappa shape index (κ3) is 9.30. The third-order valence-corrected chi connectivity index (χ3v) is 3.85. The molecular formula is C20H33N3O3. The van der Waals surface area contributed by atoms with E-state index in [0.717, 1.165) is 49.6 Å². The number of methoxy groups -OCH3 is 1. The van der Waals surface area contributed by atoms with Gasteiger partial charge in [0.2, 0.25) is 0 Å². The van der Waals surface area contributed by atoms with Crippen LogP contribution in [-0.2, 0) is 9.53 Å². The summed E-state index contributed by atoms with van der Waals surface area (Å²) in [5.74, 6) is 1.55. The normalized spacial score (nSPS) is 12.4. The Morgan fingerprint density at radius 1 is 1.19 bits per heavy atom. The number of para-hydroxylation sites is 1. The minimum absolute atomic E-state index is 0.00777. The lowest BCUT2D eigenvalue weighted by atomic mass is 10.2. The van der Waals surface area contributed by atoms with Gasteiger partial charge in [-0.3, -0.25) is 4.79 Å². The lowest BCUT2D eigenvalue weighted by molar-refractivity contribution is -0.140. The summed E-state index contributed by atoms with van der Waals surface area (Å²) in [7, 11) is 1.42. The second kappa shape index (κ2) is 13.0. The molecule has 0 fully saturated rings. The topological polar surface area (TPSA) is 72.0 Å². The van der Waals surface area contributed by atoms with E-state index in [1.54, 1.807) is 0 Å². The highest BCUT2D eigenvalue weighted by Crippen LogP contribution is 2.17. The van der Waals surface area contributed by atoms with Crippen molar-refractivity contribution >= 4 is 11.9 Å². The van der Waals surface area contributed by atoms with Gasteiger partial charge in [0.1, 0.15) is 11.9 Å². The number of carbonyl (C=O) groups excluding carboxylic acids is 1. The zero-order valence-corrected chi connectivity index (χ0v) is 16.5. The standard InChI is InChI=1S/C20H33N3O3/c1-5-21-20(22-14-10-6-7-13-19(24)25-4)23-15-17(3)26-18-12-9-8-11-16(18)2/h8-9,11-12,17H,5-7,10,13-15H2,1-4H3,(H2,21,22,23). The van der Waals surface area contributed by atoms with Crippen molar-refractivity contribution < 1.29 is 14.3 Å². The van der Waals surface area contributed by atoms with Crippen LogP contribution in [0, 0.1) is 6.92 Å². The van der Waals surface area contributed by atoms with E-state index >= 15 is 0 Å². The molecule has 6 heteroatoms. The van der Waals surface area contributed by atoms with E-state index in [4.69, 9.17) is 4.74 Å². The van der Waals surface area contributed by atoms with E-state index in [-0.39, 0.29) is 12.1 Å². The Bertz CT molecular complexity index is 561. The number of hydrogen-bond donors (Lipinski definition) is 2. The van der Waals surface area contributed by atoms with Gasteiger partial charge in [-0.05, 0) is 45.2 Å². The van der Waals surface area contributed by atoms with Gasteiger partial charge < -0.3 is 20.1 Å². The molecule has 146 valence electrons. The van der Waals surface area contributed by atoms with E-state index in [2.05, 4.69) is 20.4 Å². The van der Waals surface area contributed by atoms with Gasteiger partial charge in [0.05, 0.1) is 13.7 Å². The first-order valence-corrected chi connectivity index (χ1v) is 9.38. The summed E-state index contributed by atoms with van der Waals surface area (Å²) >= 11 is 0. The van der Waals surface area contributed by atoms with Gasteiger partial charge in [-0.15, -0.1) is 0 Å². The third-order valence-electron chi connectivity index (χ3n) is 3.85. The molecule has 26 heavy (non-hydrogen) atoms. The van der Waals surface area contributed by atoms with Crippen LogP contribution in [0.25, 0.3) is 0 Å². The van der Waals surface area contributed by atoms with Crippen LogP contribution in [0.2, 0.25) is 0 Å². The van der Waals surface area contributed by atoms with Crippen molar-refractivity contribution in [1.82, 2.24) is 10.6 Å². The Kier molecular flexibility index (Phi) is 10.9. The van der Waals surface area contributed by atoms with Crippen LogP contribution in [-0.4, -0.2) is 44.8 Å². The van der Waals surface area contributed by atoms with Crippen LogP contribution in [0.1, 0.15) is 45.1 Å². The fraction of sp³-hybridized carbons (Fsp3) is 0.600. The second-order valence-corrected chi connectivity index (χ2v) is 6.23. The second-order valence-electron chi connectivity index (χ2n) is 6.23. The molecule has 0 aliphatic heterocycles. The number of hydrogen-bond acceptors (Lipinski definition) is 4. The Labute approximate surface area is 157 Å². The van der Waals surface area contributed by atoms with Gasteiger partial charge in [0.25, 0.3) is 0 Å². The Hall–Kier alpha value is -2.24. The fourth-order valence-corrected chi connectivity index (χ4v) is 2.38. The number of ether oxygens (including phenoxy) is 2. The van der Waals surface area contributed by atoms with Gasteiger partial charge in [0.15, 0.2) is 5.96 Å². The molecule has 0 spiro atoms. The average molecular weight is 364 g/mol. The number of nitrogens with one attached hydrogen (secondary N) is 2. The maximum atomic E-state index is 11.1. The summed E-state index contributed by atoms with van der Waals surface area (Å²) in [6, 6.07) is 8.00. The molecule has 0 bridgehead atoms. The smallest absolute Gasteiger partial charge is 0.305 e. The zero-order chi connectivity index (χ0) is 19.2. The fourth-order valence-electron chi connectivity index (χ4n) is 2.38. The Morgan fingerprint density at radius 2 is 1.96 bits per heavy atom. The zero-order valence-electron chi connectivity index (χ0n) is 16.5. The number of carbonyl (C=O) groups is 1. The molecule has 0 aromatic heterocycles. The molecular weight excluding hydrogens is 330 g/mol. The Morgan fingerprint density at radius 3 is 2.65 bits per heavy atom. The van der Waals surface area contributed by atoms with Crippen LogP contribution >= 0.6 is 0 Å². The van der Waals surface area contributed by atoms with Crippen LogP contribution in [0.5, 0.6) is 5.75 Å². The molecule has 0 aliphatic carbocycles. The highest BCUT2D eigenvalue weighted by atomic mass is 16.5. The number of aryl methyl sites for hydroxylation is 1. The number of esters is 1. The van der Waals surface area contributed by atoms with Gasteiger partial charge >= 0.3 is 5.97 Å². The van der Waals surface area contributed by atoms with Crippen LogP contribution in [0.4, 0.5) is 0 Å². The largest absolute Gasteiger partial charge is 0.489 e. The lowest BCUT2D eigenvalue weighted by Gasteiger charge is -2.16. The molecule has 1 unspecified atom stereocenters. The molecule has 1 atom stereocenters. The number of guanidine groups is 1. The molecule has 0 heterocycles. The minimum atomic E-state index is -0.143. The molecule has 0 aliphatic rings. The predicted molar refractivity (Wildman–Crippen MR) is 106 cm³/mol. The maximum absolute atomic E-state index is 11.1. The van der Waals surface area contributed by atoms with Crippen molar-refractivity contribution in [3.63, 3.8) is 0 Å². The maximum Gasteiger partial charge on any atom is 0.305 e. The quantitative estimate of drug-likeness (QED) is 0.274. The van der Waals surface area contributed by atoms with E-state index in [1.807, 2.05) is 45.0 Å². The highest BCUT2D eigenvalue weighted by Gasteiger charge is 2.06. The van der Waals surface area contributed by atoms with Crippen molar-refractivity contribution in [2.45, 2.75) is 52.6 Å². The number of aliphatic imine (C=N–C) groups is 1. The van der Waals surface area contributed by atoms with Crippen molar-refractivity contribution in [2.75, 3.05) is 26.7 Å². The number of nitrogens with zero attached hydrogens (tertiary/aromatic N) is 1. The van der Waals surface area contributed by atoms with Crippen molar-refractivity contribution in [3.8, 4) is 5.75 Å². The van der Waals surface area contributed by atoms with Crippen LogP contribution < -0.4 is 15.4 Å². The predicted octanol–water partition coefficient (Wildman–Crippen LogP) is 3.05. The van der Waals surface area contributed by atoms with Crippen LogP contribution in [0.15, 0.2) is 29.3 Å². The molecule has 1 aromatic carbocycles. The molecule has 0 saturated heterocycles. The molecule has 0 amide bonds. The van der Waals surface area contributed by atoms with Crippen LogP contribution in [0.3, 0.4) is 0 Å². The molecule has 2 N–H and O–H groups in total. The SMILES string of the molecule is CCNC(=NCC(C)Oc1ccccc1C)NCCCCCC(=O)OC. The number of benzene rings is 1. The van der Waals surface area contributed by atoms with E-state index in [9.17, 15) is 4.79 Å². The molecule has 0 radical (unpaired) electrons. The van der Waals surface area contributed by atoms with Gasteiger partial charge in [-0.25, -0.2) is 4.99 Å². The number of unbranched alkanes of at least 4 members (excludes halogenated alkanes) is 2. The van der Waals surface area contributed by atoms with Crippen molar-refractivity contribution in [2.24, 2.45) is 4.99 Å². The summed E-state index contributed by atoms with van der Waals surface area (Å²) in [6.07, 6.45) is 3.29. The summed E-state index contributed by atoms with van der Waals surface area (Å²) in [5, 5.41) is 6.56. The molecule has 0 saturated carbocycles. The first-order chi connectivity index (χ1) is 12.6. The lowest BCUT2D eigenvalue weighted by Crippen LogP contribution is -2.38. The molecule has 6 nitrogen and oxygen atoms in total. The summed E-state index contributed by atoms with van der Waals surface area (Å²) in [4.78, 5) is 15.7. The molecule has 1 rings (SSSR count). The first-order valence-electron chi connectivity index (χ1n) is 9.38. The number of rotatable bonds is 11. The summed E-state index contributed by atoms with van der Waals surface area (Å²) in [6.45, 7) is 8.30. The Balaban J connectivity index is 2.33. The van der Waals surface area contributed by atoms with E-state index < -0.39 is 0 Å². The molecule has 1 aromatic rings. The summed E-state index contributed by atoms with van der Waals surface area (Å²) < 4.78 is 10.6. The summed E-state index contributed by atoms with van der Waals surface area (Å²) in [5.41, 5.74) is 1.13. The highest BCUT2D eigenvalue weighted by molar-refractivity contribution is 5.79. The van der Waals surface area contributed by atoms with Gasteiger partial charge in [0, 0.05) is 19.5 Å². The van der Waals surface area contributed by atoms with Gasteiger partial charge in [-0.2, -0.15) is 0 Å². The van der Waals surface area contributed by atoms with Gasteiger partial charge in [-0.1, -0.05) is 24.6 Å². The van der Waals surface area contributed by atoms with E-state index in [1.165, 1.54) is 7.11 Å². The average Bonchev–Trinajstić information content (AvgIpc) is 2.64. The van der Waals surface area contributed by atoms with Crippen molar-refractivity contribution in [1.29, 1.82) is 0 Å². The van der Waals surface area contributed by atoms with E-state index in [0.29, 0.717) is 13.0 Å². The monoisotopic (exact) mass is 363 g/mol. The first kappa shape index (κ1) is 21.8. The van der Waals surface area contributed by atoms with Crippen molar-refractivity contribution in [3.05, 3.63) is 29.8 Å². The minimum Gasteiger partial charge on any atom is -0.489 e.